The van der Waals surface area contributed by atoms with E-state index in [0.29, 0.717) is 11.6 Å². The predicted octanol–water partition coefficient (Wildman–Crippen LogP) is 2.73. The molecule has 0 aromatic heterocycles. The molecule has 0 radical (unpaired) electrons. The Morgan fingerprint density at radius 3 is 2.06 bits per heavy atom. The van der Waals surface area contributed by atoms with Gasteiger partial charge in [-0.25, -0.2) is 0 Å². The summed E-state index contributed by atoms with van der Waals surface area (Å²) in [6, 6.07) is 8.31. The summed E-state index contributed by atoms with van der Waals surface area (Å²) < 4.78 is 10.2. The van der Waals surface area contributed by atoms with Crippen LogP contribution in [0.3, 0.4) is 0 Å². The summed E-state index contributed by atoms with van der Waals surface area (Å²) in [5.74, 6) is 0.538. The van der Waals surface area contributed by atoms with E-state index in [2.05, 4.69) is 26.0 Å². The van der Waals surface area contributed by atoms with Gasteiger partial charge in [-0.3, -0.25) is 0 Å². The summed E-state index contributed by atoms with van der Waals surface area (Å²) in [6.07, 6.45) is 1.38. The lowest BCUT2D eigenvalue weighted by atomic mass is 10.0. The number of rotatable bonds is 5. The van der Waals surface area contributed by atoms with Crippen LogP contribution in [0.25, 0.3) is 6.08 Å². The lowest BCUT2D eigenvalue weighted by Crippen LogP contribution is -2.21. The molecule has 1 aromatic rings. The molecule has 17 heavy (non-hydrogen) atoms. The topological polar surface area (TPSA) is 44.5 Å². The first-order chi connectivity index (χ1) is 8.08. The summed E-state index contributed by atoms with van der Waals surface area (Å²) in [7, 11) is 3.13. The largest absolute Gasteiger partial charge is 0.398 e. The molecule has 0 aliphatic carbocycles. The first-order valence-electron chi connectivity index (χ1n) is 5.71. The molecule has 3 heteroatoms. The molecule has 94 valence electrons. The minimum absolute atomic E-state index is 0.486. The van der Waals surface area contributed by atoms with Crippen LogP contribution < -0.4 is 5.73 Å². The number of hydrogen-bond donors (Lipinski definition) is 1. The van der Waals surface area contributed by atoms with Gasteiger partial charge >= 0.3 is 0 Å². The lowest BCUT2D eigenvalue weighted by Gasteiger charge is -2.13. The molecule has 0 heterocycles. The normalized spacial score (nSPS) is 12.5. The van der Waals surface area contributed by atoms with Gasteiger partial charge in [0.25, 0.3) is 0 Å². The van der Waals surface area contributed by atoms with Gasteiger partial charge in [0.2, 0.25) is 0 Å². The molecule has 0 atom stereocenters. The van der Waals surface area contributed by atoms with Gasteiger partial charge in [-0.15, -0.1) is 0 Å². The van der Waals surface area contributed by atoms with E-state index in [-0.39, 0.29) is 0 Å². The average molecular weight is 235 g/mol. The monoisotopic (exact) mass is 235 g/mol. The van der Waals surface area contributed by atoms with Crippen molar-refractivity contribution in [1.82, 2.24) is 0 Å². The zero-order valence-electron chi connectivity index (χ0n) is 10.9. The van der Waals surface area contributed by atoms with E-state index in [0.717, 1.165) is 5.56 Å². The maximum Gasteiger partial charge on any atom is 0.197 e. The summed E-state index contributed by atoms with van der Waals surface area (Å²) >= 11 is 0. The Bertz CT molecular complexity index is 364. The van der Waals surface area contributed by atoms with Gasteiger partial charge < -0.3 is 15.2 Å². The third-order valence-electron chi connectivity index (χ3n) is 2.64. The zero-order valence-corrected chi connectivity index (χ0v) is 10.9. The van der Waals surface area contributed by atoms with Crippen molar-refractivity contribution in [2.75, 3.05) is 14.2 Å². The van der Waals surface area contributed by atoms with Crippen LogP contribution in [0.2, 0.25) is 0 Å². The highest BCUT2D eigenvalue weighted by Crippen LogP contribution is 2.16. The Hall–Kier alpha value is -1.32. The van der Waals surface area contributed by atoms with Gasteiger partial charge in [-0.1, -0.05) is 38.1 Å². The van der Waals surface area contributed by atoms with E-state index < -0.39 is 6.29 Å². The molecule has 0 bridgehead atoms. The fourth-order valence-electron chi connectivity index (χ4n) is 1.61. The van der Waals surface area contributed by atoms with E-state index in [1.54, 1.807) is 14.2 Å². The first kappa shape index (κ1) is 13.7. The van der Waals surface area contributed by atoms with E-state index >= 15 is 0 Å². The smallest absolute Gasteiger partial charge is 0.197 e. The van der Waals surface area contributed by atoms with Crippen LogP contribution in [0.1, 0.15) is 30.9 Å². The second-order valence-corrected chi connectivity index (χ2v) is 4.27. The molecular weight excluding hydrogens is 214 g/mol. The molecule has 0 aliphatic rings. The molecule has 0 spiro atoms. The second kappa shape index (κ2) is 6.42. The van der Waals surface area contributed by atoms with Crippen LogP contribution >= 0.6 is 0 Å². The van der Waals surface area contributed by atoms with Gasteiger partial charge in [0, 0.05) is 14.2 Å². The molecule has 0 aliphatic heterocycles. The highest BCUT2D eigenvalue weighted by atomic mass is 16.7. The van der Waals surface area contributed by atoms with Crippen LogP contribution in [-0.2, 0) is 9.47 Å². The minimum Gasteiger partial charge on any atom is -0.398 e. The zero-order chi connectivity index (χ0) is 12.8. The minimum atomic E-state index is -0.486. The van der Waals surface area contributed by atoms with Gasteiger partial charge in [-0.05, 0) is 23.1 Å². The van der Waals surface area contributed by atoms with Crippen molar-refractivity contribution in [3.05, 3.63) is 41.1 Å². The number of nitrogens with two attached hydrogens (primary N) is 1. The molecule has 0 saturated carbocycles. The van der Waals surface area contributed by atoms with Crippen molar-refractivity contribution >= 4 is 6.08 Å². The third-order valence-corrected chi connectivity index (χ3v) is 2.64. The fraction of sp³-hybridized carbons (Fsp3) is 0.429. The maximum absolute atomic E-state index is 5.88. The number of benzene rings is 1. The number of hydrogen-bond acceptors (Lipinski definition) is 3. The SMILES string of the molecule is COC(OC)C(N)=Cc1ccc(C(C)C)cc1. The molecule has 0 fully saturated rings. The van der Waals surface area contributed by atoms with Crippen molar-refractivity contribution in [3.8, 4) is 0 Å². The third kappa shape index (κ3) is 3.88. The summed E-state index contributed by atoms with van der Waals surface area (Å²) in [6.45, 7) is 4.34. The van der Waals surface area contributed by atoms with Gasteiger partial charge in [0.15, 0.2) is 6.29 Å². The van der Waals surface area contributed by atoms with E-state index in [1.807, 2.05) is 18.2 Å². The molecule has 0 saturated heterocycles. The maximum atomic E-state index is 5.88. The standard InChI is InChI=1S/C14H21NO2/c1-10(2)12-7-5-11(6-8-12)9-13(15)14(16-3)17-4/h5-10,14H,15H2,1-4H3. The van der Waals surface area contributed by atoms with Crippen molar-refractivity contribution < 1.29 is 9.47 Å². The van der Waals surface area contributed by atoms with Crippen LogP contribution in [0.5, 0.6) is 0 Å². The van der Waals surface area contributed by atoms with Gasteiger partial charge in [0.05, 0.1) is 5.70 Å². The highest BCUT2D eigenvalue weighted by molar-refractivity contribution is 5.53. The second-order valence-electron chi connectivity index (χ2n) is 4.27. The summed E-state index contributed by atoms with van der Waals surface area (Å²) in [4.78, 5) is 0. The molecule has 0 unspecified atom stereocenters. The highest BCUT2D eigenvalue weighted by Gasteiger charge is 2.08. The van der Waals surface area contributed by atoms with Crippen molar-refractivity contribution in [3.63, 3.8) is 0 Å². The summed E-state index contributed by atoms with van der Waals surface area (Å²) in [5.41, 5.74) is 8.81. The molecule has 0 amide bonds. The van der Waals surface area contributed by atoms with E-state index in [9.17, 15) is 0 Å². The summed E-state index contributed by atoms with van der Waals surface area (Å²) in [5, 5.41) is 0. The van der Waals surface area contributed by atoms with Crippen LogP contribution in [0, 0.1) is 0 Å². The van der Waals surface area contributed by atoms with Gasteiger partial charge in [0.1, 0.15) is 0 Å². The first-order valence-corrected chi connectivity index (χ1v) is 5.71. The number of methoxy groups -OCH3 is 2. The van der Waals surface area contributed by atoms with Crippen LogP contribution in [-0.4, -0.2) is 20.5 Å². The Labute approximate surface area is 103 Å². The Morgan fingerprint density at radius 2 is 1.65 bits per heavy atom. The van der Waals surface area contributed by atoms with Crippen molar-refractivity contribution in [2.24, 2.45) is 5.73 Å². The molecule has 2 N–H and O–H groups in total. The fourth-order valence-corrected chi connectivity index (χ4v) is 1.61. The Morgan fingerprint density at radius 1 is 1.12 bits per heavy atom. The van der Waals surface area contributed by atoms with Crippen molar-refractivity contribution in [1.29, 1.82) is 0 Å². The van der Waals surface area contributed by atoms with Crippen LogP contribution in [0.15, 0.2) is 30.0 Å². The van der Waals surface area contributed by atoms with Gasteiger partial charge in [-0.2, -0.15) is 0 Å². The number of ether oxygens (including phenoxy) is 2. The molecule has 1 aromatic carbocycles. The van der Waals surface area contributed by atoms with Crippen LogP contribution in [0.4, 0.5) is 0 Å². The van der Waals surface area contributed by atoms with E-state index in [4.69, 9.17) is 15.2 Å². The quantitative estimate of drug-likeness (QED) is 0.798. The Balaban J connectivity index is 2.83. The van der Waals surface area contributed by atoms with E-state index in [1.165, 1.54) is 5.56 Å². The Kier molecular flexibility index (Phi) is 5.19. The molecule has 1 rings (SSSR count). The molecular formula is C14H21NO2. The molecule has 3 nitrogen and oxygen atoms in total. The van der Waals surface area contributed by atoms with Crippen molar-refractivity contribution in [2.45, 2.75) is 26.1 Å². The average Bonchev–Trinajstić information content (AvgIpc) is 2.31. The predicted molar refractivity (Wildman–Crippen MR) is 70.5 cm³/mol. The lowest BCUT2D eigenvalue weighted by molar-refractivity contribution is -0.0749.